The number of rotatable bonds is 3. The maximum Gasteiger partial charge on any atom is 0.308 e. The zero-order valence-corrected chi connectivity index (χ0v) is 10.9. The van der Waals surface area contributed by atoms with E-state index in [-0.39, 0.29) is 12.0 Å². The number of nitriles is 1. The van der Waals surface area contributed by atoms with Gasteiger partial charge in [0.15, 0.2) is 0 Å². The maximum atomic E-state index is 11.2. The van der Waals surface area contributed by atoms with E-state index >= 15 is 0 Å². The van der Waals surface area contributed by atoms with E-state index in [4.69, 9.17) is 5.26 Å². The molecule has 1 aromatic heterocycles. The van der Waals surface area contributed by atoms with Crippen LogP contribution < -0.4 is 5.32 Å². The molecule has 2 atom stereocenters. The Morgan fingerprint density at radius 1 is 1.47 bits per heavy atom. The third kappa shape index (κ3) is 3.22. The number of nitrogens with zero attached hydrogens (tertiary/aromatic N) is 2. The molecule has 19 heavy (non-hydrogen) atoms. The summed E-state index contributed by atoms with van der Waals surface area (Å²) in [4.78, 5) is 15.5. The van der Waals surface area contributed by atoms with Crippen molar-refractivity contribution in [2.75, 3.05) is 5.32 Å². The van der Waals surface area contributed by atoms with E-state index < -0.39 is 5.97 Å². The Balaban J connectivity index is 2.17. The fourth-order valence-electron chi connectivity index (χ4n) is 2.60. The van der Waals surface area contributed by atoms with Crippen molar-refractivity contribution in [1.82, 2.24) is 4.98 Å². The van der Waals surface area contributed by atoms with Crippen LogP contribution >= 0.6 is 0 Å². The van der Waals surface area contributed by atoms with Gasteiger partial charge in [-0.25, -0.2) is 4.98 Å². The Kier molecular flexibility index (Phi) is 4.00. The summed E-state index contributed by atoms with van der Waals surface area (Å²) < 4.78 is 0. The summed E-state index contributed by atoms with van der Waals surface area (Å²) >= 11 is 0. The molecule has 2 N–H and O–H groups in total. The molecule has 0 bridgehead atoms. The largest absolute Gasteiger partial charge is 0.481 e. The lowest BCUT2D eigenvalue weighted by molar-refractivity contribution is -0.143. The Labute approximate surface area is 112 Å². The Morgan fingerprint density at radius 2 is 2.21 bits per heavy atom. The van der Waals surface area contributed by atoms with Gasteiger partial charge in [-0.2, -0.15) is 5.26 Å². The van der Waals surface area contributed by atoms with Crippen LogP contribution in [0.25, 0.3) is 0 Å². The lowest BCUT2D eigenvalue weighted by Gasteiger charge is -2.29. The highest BCUT2D eigenvalue weighted by molar-refractivity contribution is 5.71. The van der Waals surface area contributed by atoms with E-state index in [0.29, 0.717) is 17.8 Å². The SMILES string of the molecule is Cc1cc(C#N)cc(NC2CCCCC2C(=O)O)n1. The fraction of sp³-hybridized carbons (Fsp3) is 0.500. The third-order valence-electron chi connectivity index (χ3n) is 3.50. The van der Waals surface area contributed by atoms with Crippen molar-refractivity contribution in [2.24, 2.45) is 5.92 Å². The van der Waals surface area contributed by atoms with Crippen LogP contribution in [0.2, 0.25) is 0 Å². The number of pyridine rings is 1. The number of aromatic nitrogens is 1. The molecule has 2 unspecified atom stereocenters. The molecule has 2 rings (SSSR count). The van der Waals surface area contributed by atoms with Crippen molar-refractivity contribution in [3.8, 4) is 6.07 Å². The number of aliphatic carboxylic acids is 1. The van der Waals surface area contributed by atoms with Crippen molar-refractivity contribution < 1.29 is 9.90 Å². The van der Waals surface area contributed by atoms with E-state index in [1.807, 2.05) is 6.92 Å². The molecule has 1 heterocycles. The van der Waals surface area contributed by atoms with Gasteiger partial charge < -0.3 is 10.4 Å². The molecule has 0 saturated heterocycles. The van der Waals surface area contributed by atoms with Crippen LogP contribution in [-0.2, 0) is 4.79 Å². The summed E-state index contributed by atoms with van der Waals surface area (Å²) in [6, 6.07) is 5.35. The average molecular weight is 259 g/mol. The van der Waals surface area contributed by atoms with Crippen LogP contribution in [0.1, 0.15) is 36.9 Å². The van der Waals surface area contributed by atoms with Gasteiger partial charge in [-0.15, -0.1) is 0 Å². The van der Waals surface area contributed by atoms with Gasteiger partial charge in [0, 0.05) is 11.7 Å². The zero-order valence-electron chi connectivity index (χ0n) is 10.9. The molecule has 0 aliphatic heterocycles. The molecular formula is C14H17N3O2. The number of hydrogen-bond acceptors (Lipinski definition) is 4. The van der Waals surface area contributed by atoms with Gasteiger partial charge in [0.1, 0.15) is 5.82 Å². The highest BCUT2D eigenvalue weighted by Crippen LogP contribution is 2.27. The number of carboxylic acids is 1. The molecular weight excluding hydrogens is 242 g/mol. The predicted octanol–water partition coefficient (Wildman–Crippen LogP) is 2.32. The summed E-state index contributed by atoms with van der Waals surface area (Å²) in [7, 11) is 0. The molecule has 0 spiro atoms. The molecule has 0 amide bonds. The average Bonchev–Trinajstić information content (AvgIpc) is 2.38. The lowest BCUT2D eigenvalue weighted by Crippen LogP contribution is -2.37. The van der Waals surface area contributed by atoms with Gasteiger partial charge in [-0.3, -0.25) is 4.79 Å². The normalized spacial score (nSPS) is 22.5. The fourth-order valence-corrected chi connectivity index (χ4v) is 2.60. The van der Waals surface area contributed by atoms with Crippen LogP contribution in [0.15, 0.2) is 12.1 Å². The van der Waals surface area contributed by atoms with Gasteiger partial charge >= 0.3 is 5.97 Å². The minimum atomic E-state index is -0.759. The molecule has 0 aromatic carbocycles. The maximum absolute atomic E-state index is 11.2. The summed E-state index contributed by atoms with van der Waals surface area (Å²) in [5, 5.41) is 21.3. The molecule has 5 heteroatoms. The molecule has 1 saturated carbocycles. The smallest absolute Gasteiger partial charge is 0.308 e. The number of carboxylic acid groups (broad SMARTS) is 1. The van der Waals surface area contributed by atoms with E-state index in [9.17, 15) is 9.90 Å². The summed E-state index contributed by atoms with van der Waals surface area (Å²) in [6.07, 6.45) is 3.51. The first kappa shape index (κ1) is 13.3. The predicted molar refractivity (Wildman–Crippen MR) is 70.7 cm³/mol. The van der Waals surface area contributed by atoms with Crippen molar-refractivity contribution in [3.63, 3.8) is 0 Å². The van der Waals surface area contributed by atoms with Crippen LogP contribution in [0.4, 0.5) is 5.82 Å². The van der Waals surface area contributed by atoms with E-state index in [1.165, 1.54) is 0 Å². The molecule has 0 radical (unpaired) electrons. The number of nitrogens with one attached hydrogen (secondary N) is 1. The zero-order chi connectivity index (χ0) is 13.8. The number of anilines is 1. The van der Waals surface area contributed by atoms with Gasteiger partial charge in [0.2, 0.25) is 0 Å². The summed E-state index contributed by atoms with van der Waals surface area (Å²) in [5.41, 5.74) is 1.29. The highest BCUT2D eigenvalue weighted by Gasteiger charge is 2.30. The van der Waals surface area contributed by atoms with E-state index in [1.54, 1.807) is 12.1 Å². The molecule has 100 valence electrons. The molecule has 1 aliphatic rings. The van der Waals surface area contributed by atoms with Gasteiger partial charge in [-0.1, -0.05) is 12.8 Å². The van der Waals surface area contributed by atoms with Crippen molar-refractivity contribution >= 4 is 11.8 Å². The number of carbonyl (C=O) groups is 1. The third-order valence-corrected chi connectivity index (χ3v) is 3.50. The van der Waals surface area contributed by atoms with Gasteiger partial charge in [0.25, 0.3) is 0 Å². The van der Waals surface area contributed by atoms with Crippen LogP contribution in [-0.4, -0.2) is 22.1 Å². The second kappa shape index (κ2) is 5.70. The summed E-state index contributed by atoms with van der Waals surface area (Å²) in [5.74, 6) is -0.540. The standard InChI is InChI=1S/C14H17N3O2/c1-9-6-10(8-15)7-13(16-9)17-12-5-3-2-4-11(12)14(18)19/h6-7,11-12H,2-5H2,1H3,(H,16,17)(H,18,19). The highest BCUT2D eigenvalue weighted by atomic mass is 16.4. The first-order valence-electron chi connectivity index (χ1n) is 6.48. The Hall–Kier alpha value is -2.09. The van der Waals surface area contributed by atoms with E-state index in [2.05, 4.69) is 16.4 Å². The van der Waals surface area contributed by atoms with Crippen LogP contribution in [0.3, 0.4) is 0 Å². The second-order valence-electron chi connectivity index (χ2n) is 4.97. The molecule has 1 aromatic rings. The first-order chi connectivity index (χ1) is 9.10. The first-order valence-corrected chi connectivity index (χ1v) is 6.48. The topological polar surface area (TPSA) is 86.0 Å². The van der Waals surface area contributed by atoms with Crippen molar-refractivity contribution in [3.05, 3.63) is 23.4 Å². The Morgan fingerprint density at radius 3 is 2.89 bits per heavy atom. The van der Waals surface area contributed by atoms with Gasteiger partial charge in [0.05, 0.1) is 17.6 Å². The number of aryl methyl sites for hydroxylation is 1. The van der Waals surface area contributed by atoms with Crippen LogP contribution in [0.5, 0.6) is 0 Å². The lowest BCUT2D eigenvalue weighted by atomic mass is 9.84. The van der Waals surface area contributed by atoms with Gasteiger partial charge in [-0.05, 0) is 31.9 Å². The number of hydrogen-bond donors (Lipinski definition) is 2. The molecule has 5 nitrogen and oxygen atoms in total. The monoisotopic (exact) mass is 259 g/mol. The van der Waals surface area contributed by atoms with Crippen LogP contribution in [0, 0.1) is 24.2 Å². The van der Waals surface area contributed by atoms with Crippen molar-refractivity contribution in [1.29, 1.82) is 5.26 Å². The second-order valence-corrected chi connectivity index (χ2v) is 4.97. The summed E-state index contributed by atoms with van der Waals surface area (Å²) in [6.45, 7) is 1.82. The minimum absolute atomic E-state index is 0.105. The van der Waals surface area contributed by atoms with E-state index in [0.717, 1.165) is 25.0 Å². The molecule has 1 fully saturated rings. The van der Waals surface area contributed by atoms with Crippen molar-refractivity contribution in [2.45, 2.75) is 38.6 Å². The quantitative estimate of drug-likeness (QED) is 0.870. The Bertz CT molecular complexity index is 522. The molecule has 1 aliphatic carbocycles. The minimum Gasteiger partial charge on any atom is -0.481 e.